The van der Waals surface area contributed by atoms with Crippen LogP contribution >= 0.6 is 0 Å². The van der Waals surface area contributed by atoms with Crippen LogP contribution in [0.25, 0.3) is 5.57 Å². The lowest BCUT2D eigenvalue weighted by Gasteiger charge is -2.39. The summed E-state index contributed by atoms with van der Waals surface area (Å²) in [7, 11) is 0. The Kier molecular flexibility index (Phi) is 4.00. The van der Waals surface area contributed by atoms with Crippen molar-refractivity contribution in [1.29, 1.82) is 10.5 Å². The van der Waals surface area contributed by atoms with Gasteiger partial charge in [-0.15, -0.1) is 0 Å². The molecule has 0 saturated carbocycles. The summed E-state index contributed by atoms with van der Waals surface area (Å²) in [5.74, 6) is 1.27. The number of nitriles is 2. The first-order chi connectivity index (χ1) is 16.4. The molecule has 34 heavy (non-hydrogen) atoms. The highest BCUT2D eigenvalue weighted by atomic mass is 16.7. The van der Waals surface area contributed by atoms with Crippen molar-refractivity contribution in [2.75, 3.05) is 0 Å². The summed E-state index contributed by atoms with van der Waals surface area (Å²) in [6.07, 6.45) is 0. The molecule has 0 radical (unpaired) electrons. The molecule has 0 N–H and O–H groups in total. The van der Waals surface area contributed by atoms with Crippen molar-refractivity contribution in [1.82, 2.24) is 4.48 Å². The van der Waals surface area contributed by atoms with Crippen LogP contribution in [0, 0.1) is 36.5 Å². The van der Waals surface area contributed by atoms with Gasteiger partial charge in [0.2, 0.25) is 0 Å². The summed E-state index contributed by atoms with van der Waals surface area (Å²) >= 11 is 0. The van der Waals surface area contributed by atoms with Gasteiger partial charge in [-0.25, -0.2) is 0 Å². The summed E-state index contributed by atoms with van der Waals surface area (Å²) in [6.45, 7) is 5.45. The molecule has 3 aromatic rings. The lowest BCUT2D eigenvalue weighted by molar-refractivity contribution is -0.369. The third-order valence-electron chi connectivity index (χ3n) is 7.21. The molecule has 0 bridgehead atoms. The van der Waals surface area contributed by atoms with Gasteiger partial charge in [-0.05, 0) is 44.0 Å². The van der Waals surface area contributed by atoms with Crippen LogP contribution in [0.3, 0.4) is 0 Å². The van der Waals surface area contributed by atoms with Gasteiger partial charge in [-0.3, -0.25) is 0 Å². The second kappa shape index (κ2) is 6.76. The average molecular weight is 444 g/mol. The van der Waals surface area contributed by atoms with Crippen LogP contribution < -0.4 is 9.31 Å². The average Bonchev–Trinajstić information content (AvgIpc) is 3.43. The number of hydrogen-bond donors (Lipinski definition) is 0. The third kappa shape index (κ3) is 2.26. The smallest absolute Gasteiger partial charge is 0.599 e. The quantitative estimate of drug-likeness (QED) is 0.504. The van der Waals surface area contributed by atoms with Crippen molar-refractivity contribution in [2.24, 2.45) is 0 Å². The Balaban J connectivity index is 1.82. The van der Waals surface area contributed by atoms with Crippen molar-refractivity contribution in [3.05, 3.63) is 99.5 Å². The minimum absolute atomic E-state index is 0.606. The van der Waals surface area contributed by atoms with Crippen LogP contribution in [-0.4, -0.2) is 21.5 Å². The second-order valence-corrected chi connectivity index (χ2v) is 8.89. The Bertz CT molecular complexity index is 1590. The predicted octanol–water partition coefficient (Wildman–Crippen LogP) is 4.83. The van der Waals surface area contributed by atoms with Gasteiger partial charge in [0.15, 0.2) is 11.4 Å². The molecule has 0 amide bonds. The second-order valence-electron chi connectivity index (χ2n) is 8.89. The van der Waals surface area contributed by atoms with Gasteiger partial charge in [0.25, 0.3) is 0 Å². The van der Waals surface area contributed by atoms with Crippen LogP contribution in [0.2, 0.25) is 0 Å². The highest BCUT2D eigenvalue weighted by Crippen LogP contribution is 2.49. The number of aromatic nitrogens is 1. The van der Waals surface area contributed by atoms with Gasteiger partial charge in [-0.2, -0.15) is 10.5 Å². The Hall–Kier alpha value is -4.49. The molecule has 6 rings (SSSR count). The Morgan fingerprint density at radius 3 is 2.06 bits per heavy atom. The van der Waals surface area contributed by atoms with E-state index in [4.69, 9.17) is 9.31 Å². The Morgan fingerprint density at radius 1 is 0.853 bits per heavy atom. The van der Waals surface area contributed by atoms with Crippen molar-refractivity contribution in [2.45, 2.75) is 27.7 Å². The van der Waals surface area contributed by atoms with E-state index in [2.05, 4.69) is 24.3 Å². The van der Waals surface area contributed by atoms with Crippen molar-refractivity contribution in [3.8, 4) is 23.6 Å². The summed E-state index contributed by atoms with van der Waals surface area (Å²) in [6, 6.07) is 22.5. The van der Waals surface area contributed by atoms with Crippen molar-refractivity contribution < 1.29 is 13.8 Å². The highest BCUT2D eigenvalue weighted by molar-refractivity contribution is 6.62. The molecule has 0 fully saturated rings. The molecule has 1 spiro atoms. The van der Waals surface area contributed by atoms with Gasteiger partial charge in [0.1, 0.15) is 29.2 Å². The number of allylic oxidation sites excluding steroid dienone is 2. The zero-order valence-electron chi connectivity index (χ0n) is 19.4. The molecule has 7 heteroatoms. The molecule has 0 saturated heterocycles. The molecular weight excluding hydrogens is 423 g/mol. The molecule has 164 valence electrons. The Labute approximate surface area is 197 Å². The van der Waals surface area contributed by atoms with E-state index in [1.807, 2.05) is 79.1 Å². The van der Waals surface area contributed by atoms with Gasteiger partial charge in [-0.1, -0.05) is 42.5 Å². The van der Waals surface area contributed by atoms with E-state index in [1.54, 1.807) is 0 Å². The number of nitrogens with zero attached hydrogens (tertiary/aromatic N) is 4. The van der Waals surface area contributed by atoms with Gasteiger partial charge in [0.05, 0.1) is 11.1 Å². The normalized spacial score (nSPS) is 17.1. The SMILES string of the molecule is CC1=C(C#N)C(C)=[N+]2C1=C(c1ccccc1)c1c(C)c(C#N)c(C)n1[B-]21Oc2ccccc2O1. The molecule has 3 aliphatic rings. The summed E-state index contributed by atoms with van der Waals surface area (Å²) in [4.78, 5) is 0. The van der Waals surface area contributed by atoms with Gasteiger partial charge >= 0.3 is 6.82 Å². The zero-order chi connectivity index (χ0) is 23.8. The Morgan fingerprint density at radius 2 is 1.47 bits per heavy atom. The fourth-order valence-corrected chi connectivity index (χ4v) is 5.79. The first-order valence-corrected chi connectivity index (χ1v) is 11.2. The minimum Gasteiger partial charge on any atom is -0.599 e. The topological polar surface area (TPSA) is 74.0 Å². The maximum absolute atomic E-state index is 10.1. The van der Waals surface area contributed by atoms with E-state index in [0.717, 1.165) is 45.1 Å². The molecule has 6 nitrogen and oxygen atoms in total. The maximum Gasteiger partial charge on any atom is 0.780 e. The number of para-hydroxylation sites is 2. The first kappa shape index (κ1) is 20.1. The van der Waals surface area contributed by atoms with Gasteiger partial charge < -0.3 is 18.3 Å². The van der Waals surface area contributed by atoms with E-state index in [0.29, 0.717) is 22.6 Å². The lowest BCUT2D eigenvalue weighted by Crippen LogP contribution is -2.65. The summed E-state index contributed by atoms with van der Waals surface area (Å²) in [5.41, 5.74) is 8.21. The van der Waals surface area contributed by atoms with Crippen molar-refractivity contribution >= 4 is 18.1 Å². The number of benzene rings is 2. The molecular formula is C27H21BN4O2. The molecule has 0 atom stereocenters. The molecule has 0 unspecified atom stereocenters. The van der Waals surface area contributed by atoms with E-state index in [1.165, 1.54) is 0 Å². The zero-order valence-corrected chi connectivity index (χ0v) is 19.4. The molecule has 0 aliphatic carbocycles. The van der Waals surface area contributed by atoms with Crippen LogP contribution in [0.4, 0.5) is 0 Å². The number of rotatable bonds is 1. The monoisotopic (exact) mass is 444 g/mol. The molecule has 4 heterocycles. The summed E-state index contributed by atoms with van der Waals surface area (Å²) < 4.78 is 17.5. The van der Waals surface area contributed by atoms with Crippen LogP contribution in [-0.2, 0) is 0 Å². The van der Waals surface area contributed by atoms with Crippen LogP contribution in [0.1, 0.15) is 41.9 Å². The summed E-state index contributed by atoms with van der Waals surface area (Å²) in [5, 5.41) is 20.1. The standard InChI is InChI=1S/C27H21BN4O2/c1-16-21(14-29)18(3)31-26(16)25(20-10-6-5-7-11-20)27-17(2)22(15-30)19(4)32(27)28(31)33-23-12-8-9-13-24(23)34-28/h5-13H,1-4H3. The third-order valence-corrected chi connectivity index (χ3v) is 7.21. The minimum atomic E-state index is -2.35. The predicted molar refractivity (Wildman–Crippen MR) is 129 cm³/mol. The van der Waals surface area contributed by atoms with Crippen molar-refractivity contribution in [3.63, 3.8) is 0 Å². The largest absolute Gasteiger partial charge is 0.780 e. The number of hydrogen-bond acceptors (Lipinski definition) is 4. The molecule has 3 aliphatic heterocycles. The van der Waals surface area contributed by atoms with E-state index < -0.39 is 6.82 Å². The maximum atomic E-state index is 10.1. The van der Waals surface area contributed by atoms with E-state index >= 15 is 0 Å². The van der Waals surface area contributed by atoms with E-state index in [9.17, 15) is 10.5 Å². The fourth-order valence-electron chi connectivity index (χ4n) is 5.79. The highest BCUT2D eigenvalue weighted by Gasteiger charge is 2.64. The van der Waals surface area contributed by atoms with Crippen LogP contribution in [0.5, 0.6) is 11.5 Å². The fraction of sp³-hybridized carbons (Fsp3) is 0.148. The lowest BCUT2D eigenvalue weighted by atomic mass is 9.78. The molecule has 2 aromatic carbocycles. The number of fused-ring (bicyclic) bond motifs is 5. The van der Waals surface area contributed by atoms with Gasteiger partial charge in [0, 0.05) is 23.9 Å². The first-order valence-electron chi connectivity index (χ1n) is 11.2. The van der Waals surface area contributed by atoms with E-state index in [-0.39, 0.29) is 0 Å². The van der Waals surface area contributed by atoms with Crippen LogP contribution in [0.15, 0.2) is 71.4 Å². The molecule has 1 aromatic heterocycles.